The summed E-state index contributed by atoms with van der Waals surface area (Å²) < 4.78 is 5.43. The second-order valence-electron chi connectivity index (χ2n) is 7.25. The van der Waals surface area contributed by atoms with Crippen molar-refractivity contribution >= 4 is 35.8 Å². The van der Waals surface area contributed by atoms with Crippen LogP contribution in [0.3, 0.4) is 0 Å². The van der Waals surface area contributed by atoms with Gasteiger partial charge in [-0.15, -0.1) is 24.0 Å². The van der Waals surface area contributed by atoms with Crippen LogP contribution in [0.15, 0.2) is 4.99 Å². The van der Waals surface area contributed by atoms with E-state index in [0.717, 1.165) is 51.3 Å². The minimum atomic E-state index is -0.142. The van der Waals surface area contributed by atoms with E-state index in [1.807, 2.05) is 0 Å². The van der Waals surface area contributed by atoms with Gasteiger partial charge in [-0.25, -0.2) is 0 Å². The molecule has 2 aliphatic heterocycles. The molecule has 0 aromatic heterocycles. The minimum Gasteiger partial charge on any atom is -0.396 e. The van der Waals surface area contributed by atoms with Gasteiger partial charge in [0.25, 0.3) is 0 Å². The van der Waals surface area contributed by atoms with E-state index in [0.29, 0.717) is 32.1 Å². The number of amides is 1. The highest BCUT2D eigenvalue weighted by Gasteiger charge is 2.32. The second-order valence-corrected chi connectivity index (χ2v) is 7.25. The number of carbonyl (C=O) groups excluding carboxylic acids is 1. The van der Waals surface area contributed by atoms with Crippen LogP contribution >= 0.6 is 24.0 Å². The summed E-state index contributed by atoms with van der Waals surface area (Å²) in [7, 11) is 1.70. The van der Waals surface area contributed by atoms with Crippen molar-refractivity contribution in [3.05, 3.63) is 0 Å². The normalized spacial score (nSPS) is 21.0. The van der Waals surface area contributed by atoms with Crippen molar-refractivity contribution < 1.29 is 14.6 Å². The van der Waals surface area contributed by atoms with Crippen molar-refractivity contribution in [2.75, 3.05) is 53.0 Å². The molecule has 2 fully saturated rings. The van der Waals surface area contributed by atoms with Crippen LogP contribution in [-0.2, 0) is 9.53 Å². The number of carbonyl (C=O) groups is 1. The van der Waals surface area contributed by atoms with Crippen molar-refractivity contribution in [1.29, 1.82) is 0 Å². The Kier molecular flexibility index (Phi) is 10.8. The summed E-state index contributed by atoms with van der Waals surface area (Å²) in [4.78, 5) is 18.7. The SMILES string of the molecule is CCNC(=NCC1(CO)CCOCC1)N1CCC(CC(=O)NC)CC1.I. The van der Waals surface area contributed by atoms with Gasteiger partial charge in [0, 0.05) is 51.7 Å². The van der Waals surface area contributed by atoms with E-state index in [4.69, 9.17) is 9.73 Å². The maximum Gasteiger partial charge on any atom is 0.220 e. The molecule has 0 unspecified atom stereocenters. The molecule has 2 heterocycles. The van der Waals surface area contributed by atoms with Gasteiger partial charge in [0.1, 0.15) is 0 Å². The van der Waals surface area contributed by atoms with E-state index in [1.54, 1.807) is 7.05 Å². The Morgan fingerprint density at radius 1 is 1.31 bits per heavy atom. The maximum atomic E-state index is 11.5. The average Bonchev–Trinajstić information content (AvgIpc) is 2.66. The first-order valence-corrected chi connectivity index (χ1v) is 9.55. The van der Waals surface area contributed by atoms with E-state index in [9.17, 15) is 9.90 Å². The zero-order valence-electron chi connectivity index (χ0n) is 16.1. The first-order valence-electron chi connectivity index (χ1n) is 9.55. The molecule has 26 heavy (non-hydrogen) atoms. The molecular weight excluding hydrogens is 447 g/mol. The quantitative estimate of drug-likeness (QED) is 0.301. The van der Waals surface area contributed by atoms with Gasteiger partial charge in [0.05, 0.1) is 13.2 Å². The summed E-state index contributed by atoms with van der Waals surface area (Å²) in [5.41, 5.74) is -0.142. The first kappa shape index (κ1) is 23.4. The summed E-state index contributed by atoms with van der Waals surface area (Å²) in [6.45, 7) is 6.94. The number of rotatable bonds is 6. The summed E-state index contributed by atoms with van der Waals surface area (Å²) >= 11 is 0. The molecule has 152 valence electrons. The molecule has 1 amide bonds. The number of aliphatic imine (C=N–C) groups is 1. The molecule has 8 heteroatoms. The van der Waals surface area contributed by atoms with Gasteiger partial charge >= 0.3 is 0 Å². The average molecular weight is 482 g/mol. The summed E-state index contributed by atoms with van der Waals surface area (Å²) in [5.74, 6) is 1.52. The van der Waals surface area contributed by atoms with Gasteiger partial charge < -0.3 is 25.4 Å². The van der Waals surface area contributed by atoms with Crippen LogP contribution < -0.4 is 10.6 Å². The lowest BCUT2D eigenvalue weighted by Gasteiger charge is -2.36. The Bertz CT molecular complexity index is 448. The van der Waals surface area contributed by atoms with Crippen LogP contribution in [0.25, 0.3) is 0 Å². The van der Waals surface area contributed by atoms with Gasteiger partial charge in [-0.05, 0) is 38.5 Å². The number of hydrogen-bond acceptors (Lipinski definition) is 4. The highest BCUT2D eigenvalue weighted by molar-refractivity contribution is 14.0. The lowest BCUT2D eigenvalue weighted by molar-refractivity contribution is -0.121. The predicted molar refractivity (Wildman–Crippen MR) is 114 cm³/mol. The van der Waals surface area contributed by atoms with Crippen LogP contribution in [-0.4, -0.2) is 74.9 Å². The predicted octanol–water partition coefficient (Wildman–Crippen LogP) is 1.21. The molecule has 2 rings (SSSR count). The molecule has 0 radical (unpaired) electrons. The van der Waals surface area contributed by atoms with Gasteiger partial charge in [-0.2, -0.15) is 0 Å². The van der Waals surface area contributed by atoms with Gasteiger partial charge in [0.2, 0.25) is 5.91 Å². The monoisotopic (exact) mass is 482 g/mol. The van der Waals surface area contributed by atoms with Crippen molar-refractivity contribution in [3.63, 3.8) is 0 Å². The van der Waals surface area contributed by atoms with Crippen LogP contribution in [0, 0.1) is 11.3 Å². The van der Waals surface area contributed by atoms with E-state index >= 15 is 0 Å². The Morgan fingerprint density at radius 3 is 2.50 bits per heavy atom. The molecule has 3 N–H and O–H groups in total. The van der Waals surface area contributed by atoms with E-state index < -0.39 is 0 Å². The zero-order chi connectivity index (χ0) is 18.1. The van der Waals surface area contributed by atoms with Crippen LogP contribution in [0.1, 0.15) is 39.0 Å². The smallest absolute Gasteiger partial charge is 0.220 e. The van der Waals surface area contributed by atoms with E-state index in [2.05, 4.69) is 22.5 Å². The lowest BCUT2D eigenvalue weighted by atomic mass is 9.81. The largest absolute Gasteiger partial charge is 0.396 e. The highest BCUT2D eigenvalue weighted by atomic mass is 127. The van der Waals surface area contributed by atoms with Crippen molar-refractivity contribution in [2.24, 2.45) is 16.3 Å². The third-order valence-corrected chi connectivity index (χ3v) is 5.45. The van der Waals surface area contributed by atoms with Gasteiger partial charge in [-0.3, -0.25) is 9.79 Å². The summed E-state index contributed by atoms with van der Waals surface area (Å²) in [6, 6.07) is 0. The fourth-order valence-electron chi connectivity index (χ4n) is 3.55. The van der Waals surface area contributed by atoms with Crippen molar-refractivity contribution in [1.82, 2.24) is 15.5 Å². The summed E-state index contributed by atoms with van der Waals surface area (Å²) in [5, 5.41) is 15.9. The van der Waals surface area contributed by atoms with Crippen LogP contribution in [0.2, 0.25) is 0 Å². The number of aliphatic hydroxyl groups is 1. The topological polar surface area (TPSA) is 86.2 Å². The number of ether oxygens (including phenoxy) is 1. The third kappa shape index (κ3) is 6.84. The van der Waals surface area contributed by atoms with Gasteiger partial charge in [-0.1, -0.05) is 0 Å². The molecule has 2 aliphatic rings. The molecule has 7 nitrogen and oxygen atoms in total. The number of guanidine groups is 1. The Morgan fingerprint density at radius 2 is 1.96 bits per heavy atom. The standard InChI is InChI=1S/C18H34N4O3.HI/c1-3-20-17(21-13-18(14-23)6-10-25-11-7-18)22-8-4-15(5-9-22)12-16(24)19-2;/h15,23H,3-14H2,1-2H3,(H,19,24)(H,20,21);1H. The number of nitrogens with one attached hydrogen (secondary N) is 2. The molecule has 0 aliphatic carbocycles. The van der Waals surface area contributed by atoms with E-state index in [-0.39, 0.29) is 41.9 Å². The third-order valence-electron chi connectivity index (χ3n) is 5.45. The molecule has 0 aromatic rings. The number of hydrogen-bond donors (Lipinski definition) is 3. The number of nitrogens with zero attached hydrogens (tertiary/aromatic N) is 2. The number of likely N-dealkylation sites (tertiary alicyclic amines) is 1. The Hall–Kier alpha value is -0.610. The fourth-order valence-corrected chi connectivity index (χ4v) is 3.55. The Balaban J connectivity index is 0.00000338. The van der Waals surface area contributed by atoms with Crippen molar-refractivity contribution in [2.45, 2.75) is 39.0 Å². The lowest BCUT2D eigenvalue weighted by Crippen LogP contribution is -2.47. The number of piperidine rings is 1. The maximum absolute atomic E-state index is 11.5. The van der Waals surface area contributed by atoms with Crippen LogP contribution in [0.5, 0.6) is 0 Å². The molecule has 0 saturated carbocycles. The molecule has 0 atom stereocenters. The molecule has 2 saturated heterocycles. The Labute approximate surface area is 174 Å². The molecular formula is C18H35IN4O3. The molecule has 0 aromatic carbocycles. The second kappa shape index (κ2) is 12.0. The molecule has 0 spiro atoms. The highest BCUT2D eigenvalue weighted by Crippen LogP contribution is 2.30. The first-order chi connectivity index (χ1) is 12.1. The van der Waals surface area contributed by atoms with Gasteiger partial charge in [0.15, 0.2) is 5.96 Å². The van der Waals surface area contributed by atoms with E-state index in [1.165, 1.54) is 0 Å². The fraction of sp³-hybridized carbons (Fsp3) is 0.889. The van der Waals surface area contributed by atoms with Crippen LogP contribution in [0.4, 0.5) is 0 Å². The summed E-state index contributed by atoms with van der Waals surface area (Å²) in [6.07, 6.45) is 4.36. The number of halogens is 1. The molecule has 0 bridgehead atoms. The zero-order valence-corrected chi connectivity index (χ0v) is 18.5. The van der Waals surface area contributed by atoms with Crippen molar-refractivity contribution in [3.8, 4) is 0 Å². The minimum absolute atomic E-state index is 0. The number of aliphatic hydroxyl groups excluding tert-OH is 1.